The first-order valence-electron chi connectivity index (χ1n) is 6.74. The number of thiocarbonyl (C=S) groups is 1. The molecule has 3 N–H and O–H groups in total. The quantitative estimate of drug-likeness (QED) is 0.833. The van der Waals surface area contributed by atoms with E-state index in [1.165, 1.54) is 0 Å². The van der Waals surface area contributed by atoms with Gasteiger partial charge >= 0.3 is 0 Å². The van der Waals surface area contributed by atoms with Crippen molar-refractivity contribution in [2.45, 2.75) is 13.8 Å². The average Bonchev–Trinajstić information content (AvgIpc) is 2.45. The van der Waals surface area contributed by atoms with Crippen molar-refractivity contribution in [2.24, 2.45) is 11.7 Å². The standard InChI is InChI=1S/C16H18N2O2S/c1-10(2)9-20-14-6-4-3-5-11(14)13-8-7-12(15(17)21)16(19)18-13/h3-8,10H,9H2,1-2H3,(H2,17,21)(H,18,19). The summed E-state index contributed by atoms with van der Waals surface area (Å²) in [4.78, 5) is 14.9. The van der Waals surface area contributed by atoms with Gasteiger partial charge in [0.15, 0.2) is 0 Å². The molecule has 2 rings (SSSR count). The lowest BCUT2D eigenvalue weighted by Gasteiger charge is -2.13. The smallest absolute Gasteiger partial charge is 0.258 e. The van der Waals surface area contributed by atoms with Gasteiger partial charge in [0.05, 0.1) is 17.9 Å². The van der Waals surface area contributed by atoms with Gasteiger partial charge in [0.1, 0.15) is 10.7 Å². The lowest BCUT2D eigenvalue weighted by atomic mass is 10.1. The van der Waals surface area contributed by atoms with Gasteiger partial charge in [-0.05, 0) is 30.2 Å². The van der Waals surface area contributed by atoms with Crippen LogP contribution in [0.15, 0.2) is 41.2 Å². The van der Waals surface area contributed by atoms with E-state index in [0.29, 0.717) is 23.8 Å². The van der Waals surface area contributed by atoms with Gasteiger partial charge in [0.25, 0.3) is 5.56 Å². The average molecular weight is 302 g/mol. The molecule has 2 aromatic rings. The van der Waals surface area contributed by atoms with E-state index < -0.39 is 0 Å². The van der Waals surface area contributed by atoms with Crippen LogP contribution in [0.5, 0.6) is 5.75 Å². The van der Waals surface area contributed by atoms with Crippen molar-refractivity contribution < 1.29 is 4.74 Å². The van der Waals surface area contributed by atoms with E-state index in [4.69, 9.17) is 22.7 Å². The van der Waals surface area contributed by atoms with Crippen molar-refractivity contribution >= 4 is 17.2 Å². The number of ether oxygens (including phenoxy) is 1. The SMILES string of the molecule is CC(C)COc1ccccc1-c1ccc(C(N)=S)c(=O)[nH]1. The number of hydrogen-bond donors (Lipinski definition) is 2. The number of hydrogen-bond acceptors (Lipinski definition) is 3. The second-order valence-corrected chi connectivity index (χ2v) is 5.62. The molecule has 0 amide bonds. The third-order valence-electron chi connectivity index (χ3n) is 2.92. The summed E-state index contributed by atoms with van der Waals surface area (Å²) in [7, 11) is 0. The van der Waals surface area contributed by atoms with Crippen LogP contribution in [-0.2, 0) is 0 Å². The van der Waals surface area contributed by atoms with Crippen molar-refractivity contribution in [3.63, 3.8) is 0 Å². The molecule has 0 fully saturated rings. The minimum absolute atomic E-state index is 0.0899. The largest absolute Gasteiger partial charge is 0.493 e. The van der Waals surface area contributed by atoms with Gasteiger partial charge < -0.3 is 15.5 Å². The van der Waals surface area contributed by atoms with Crippen molar-refractivity contribution in [1.29, 1.82) is 0 Å². The van der Waals surface area contributed by atoms with Crippen molar-refractivity contribution in [3.05, 3.63) is 52.3 Å². The van der Waals surface area contributed by atoms with Crippen molar-refractivity contribution in [2.75, 3.05) is 6.61 Å². The van der Waals surface area contributed by atoms with E-state index in [0.717, 1.165) is 11.3 Å². The number of aromatic nitrogens is 1. The van der Waals surface area contributed by atoms with Crippen LogP contribution in [-0.4, -0.2) is 16.6 Å². The molecule has 0 aliphatic carbocycles. The van der Waals surface area contributed by atoms with Crippen LogP contribution < -0.4 is 16.0 Å². The van der Waals surface area contributed by atoms with Crippen LogP contribution in [0.4, 0.5) is 0 Å². The van der Waals surface area contributed by atoms with Gasteiger partial charge in [-0.1, -0.05) is 38.2 Å². The highest BCUT2D eigenvalue weighted by Crippen LogP contribution is 2.28. The Morgan fingerprint density at radius 3 is 2.62 bits per heavy atom. The maximum Gasteiger partial charge on any atom is 0.258 e. The van der Waals surface area contributed by atoms with Gasteiger partial charge in [-0.2, -0.15) is 0 Å². The zero-order valence-electron chi connectivity index (χ0n) is 12.1. The molecule has 0 saturated heterocycles. The van der Waals surface area contributed by atoms with Crippen LogP contribution in [0.2, 0.25) is 0 Å². The van der Waals surface area contributed by atoms with Gasteiger partial charge in [-0.3, -0.25) is 4.79 Å². The Balaban J connectivity index is 2.40. The minimum Gasteiger partial charge on any atom is -0.493 e. The van der Waals surface area contributed by atoms with E-state index in [1.54, 1.807) is 12.1 Å². The topological polar surface area (TPSA) is 68.1 Å². The molecule has 0 bridgehead atoms. The fraction of sp³-hybridized carbons (Fsp3) is 0.250. The maximum absolute atomic E-state index is 12.0. The predicted molar refractivity (Wildman–Crippen MR) is 88.7 cm³/mol. The normalized spacial score (nSPS) is 10.6. The summed E-state index contributed by atoms with van der Waals surface area (Å²) in [6.45, 7) is 4.79. The van der Waals surface area contributed by atoms with E-state index in [2.05, 4.69) is 18.8 Å². The fourth-order valence-corrected chi connectivity index (χ4v) is 2.06. The highest BCUT2D eigenvalue weighted by Gasteiger charge is 2.10. The molecule has 4 nitrogen and oxygen atoms in total. The summed E-state index contributed by atoms with van der Waals surface area (Å²) in [5, 5.41) is 0. The first-order valence-corrected chi connectivity index (χ1v) is 7.15. The molecule has 0 aliphatic rings. The number of pyridine rings is 1. The highest BCUT2D eigenvalue weighted by atomic mass is 32.1. The maximum atomic E-state index is 12.0. The fourth-order valence-electron chi connectivity index (χ4n) is 1.90. The lowest BCUT2D eigenvalue weighted by Crippen LogP contribution is -2.22. The summed E-state index contributed by atoms with van der Waals surface area (Å²) in [5.41, 5.74) is 7.04. The highest BCUT2D eigenvalue weighted by molar-refractivity contribution is 7.80. The molecule has 0 atom stereocenters. The Bertz CT molecular complexity index is 707. The van der Waals surface area contributed by atoms with Crippen LogP contribution in [0.1, 0.15) is 19.4 Å². The van der Waals surface area contributed by atoms with Crippen LogP contribution >= 0.6 is 12.2 Å². The molecule has 0 unspecified atom stereocenters. The predicted octanol–water partition coefficient (Wildman–Crippen LogP) is 2.71. The molecule has 5 heteroatoms. The summed E-state index contributed by atoms with van der Waals surface area (Å²) in [6.07, 6.45) is 0. The van der Waals surface area contributed by atoms with E-state index in [-0.39, 0.29) is 10.5 Å². The monoisotopic (exact) mass is 302 g/mol. The third kappa shape index (κ3) is 3.70. The Hall–Kier alpha value is -2.14. The number of aromatic amines is 1. The second kappa shape index (κ2) is 6.54. The second-order valence-electron chi connectivity index (χ2n) is 5.18. The first kappa shape index (κ1) is 15.3. The lowest BCUT2D eigenvalue weighted by molar-refractivity contribution is 0.272. The molecule has 0 radical (unpaired) electrons. The number of H-pyrrole nitrogens is 1. The first-order chi connectivity index (χ1) is 9.99. The number of para-hydroxylation sites is 1. The van der Waals surface area contributed by atoms with Gasteiger partial charge in [-0.15, -0.1) is 0 Å². The number of benzene rings is 1. The summed E-state index contributed by atoms with van der Waals surface area (Å²) < 4.78 is 5.80. The molecule has 21 heavy (non-hydrogen) atoms. The van der Waals surface area contributed by atoms with E-state index in [9.17, 15) is 4.79 Å². The van der Waals surface area contributed by atoms with Crippen molar-refractivity contribution in [1.82, 2.24) is 4.98 Å². The van der Waals surface area contributed by atoms with E-state index >= 15 is 0 Å². The zero-order chi connectivity index (χ0) is 15.4. The summed E-state index contributed by atoms with van der Waals surface area (Å²) >= 11 is 4.84. The molecule has 0 saturated carbocycles. The Morgan fingerprint density at radius 2 is 2.00 bits per heavy atom. The third-order valence-corrected chi connectivity index (χ3v) is 3.14. The van der Waals surface area contributed by atoms with Crippen LogP contribution in [0, 0.1) is 5.92 Å². The summed E-state index contributed by atoms with van der Waals surface area (Å²) in [6, 6.07) is 11.0. The molecule has 110 valence electrons. The summed E-state index contributed by atoms with van der Waals surface area (Å²) in [5.74, 6) is 1.17. The van der Waals surface area contributed by atoms with Gasteiger partial charge in [0.2, 0.25) is 0 Å². The number of nitrogens with one attached hydrogen (secondary N) is 1. The molecule has 1 heterocycles. The van der Waals surface area contributed by atoms with Gasteiger partial charge in [0, 0.05) is 5.56 Å². The van der Waals surface area contributed by atoms with Crippen LogP contribution in [0.25, 0.3) is 11.3 Å². The molecule has 1 aromatic heterocycles. The zero-order valence-corrected chi connectivity index (χ0v) is 12.9. The van der Waals surface area contributed by atoms with Crippen LogP contribution in [0.3, 0.4) is 0 Å². The number of rotatable bonds is 5. The number of nitrogens with two attached hydrogens (primary N) is 1. The van der Waals surface area contributed by atoms with Gasteiger partial charge in [-0.25, -0.2) is 0 Å². The Kier molecular flexibility index (Phi) is 4.75. The molecule has 0 aliphatic heterocycles. The minimum atomic E-state index is -0.293. The molecule has 1 aromatic carbocycles. The molecule has 0 spiro atoms. The van der Waals surface area contributed by atoms with Crippen molar-refractivity contribution in [3.8, 4) is 17.0 Å². The van der Waals surface area contributed by atoms with E-state index in [1.807, 2.05) is 24.3 Å². The Morgan fingerprint density at radius 1 is 1.29 bits per heavy atom. The Labute approximate surface area is 129 Å². The molecular weight excluding hydrogens is 284 g/mol. The molecular formula is C16H18N2O2S.